The number of aromatic amines is 1. The minimum absolute atomic E-state index is 0.147. The van der Waals surface area contributed by atoms with Gasteiger partial charge in [-0.2, -0.15) is 5.10 Å². The van der Waals surface area contributed by atoms with E-state index < -0.39 is 5.60 Å². The van der Waals surface area contributed by atoms with Crippen LogP contribution in [0.5, 0.6) is 0 Å². The van der Waals surface area contributed by atoms with Crippen molar-refractivity contribution in [3.63, 3.8) is 0 Å². The number of hydrogen-bond acceptors (Lipinski definition) is 4. The van der Waals surface area contributed by atoms with Crippen LogP contribution >= 0.6 is 0 Å². The first kappa shape index (κ1) is 9.48. The van der Waals surface area contributed by atoms with E-state index in [1.165, 1.54) is 0 Å². The summed E-state index contributed by atoms with van der Waals surface area (Å²) in [5.41, 5.74) is -0.792. The van der Waals surface area contributed by atoms with Gasteiger partial charge in [0, 0.05) is 19.7 Å². The van der Waals surface area contributed by atoms with Crippen molar-refractivity contribution in [3.8, 4) is 0 Å². The van der Waals surface area contributed by atoms with Gasteiger partial charge >= 0.3 is 0 Å². The van der Waals surface area contributed by atoms with Crippen LogP contribution in [0, 0.1) is 0 Å². The normalized spacial score (nSPS) is 32.5. The number of nitrogens with one attached hydrogen (secondary N) is 1. The van der Waals surface area contributed by atoms with Gasteiger partial charge < -0.3 is 14.7 Å². The fourth-order valence-corrected chi connectivity index (χ4v) is 1.89. The van der Waals surface area contributed by atoms with Crippen molar-refractivity contribution in [1.29, 1.82) is 0 Å². The summed E-state index contributed by atoms with van der Waals surface area (Å²) in [5, 5.41) is 16.8. The summed E-state index contributed by atoms with van der Waals surface area (Å²) in [6.07, 6.45) is 1.55. The number of hydrogen-bond donors (Lipinski definition) is 2. The van der Waals surface area contributed by atoms with Crippen molar-refractivity contribution in [1.82, 2.24) is 10.2 Å². The number of methoxy groups -OCH3 is 1. The van der Waals surface area contributed by atoms with Gasteiger partial charge in [-0.25, -0.2) is 0 Å². The molecule has 0 aromatic carbocycles. The van der Waals surface area contributed by atoms with Gasteiger partial charge in [0.2, 0.25) is 0 Å². The summed E-state index contributed by atoms with van der Waals surface area (Å²) in [4.78, 5) is 2.03. The molecule has 1 saturated heterocycles. The molecule has 1 fully saturated rings. The highest BCUT2D eigenvalue weighted by Gasteiger charge is 2.42. The van der Waals surface area contributed by atoms with E-state index >= 15 is 0 Å². The van der Waals surface area contributed by atoms with E-state index in [2.05, 4.69) is 10.2 Å². The van der Waals surface area contributed by atoms with E-state index in [9.17, 15) is 5.11 Å². The summed E-state index contributed by atoms with van der Waals surface area (Å²) in [7, 11) is 1.62. The maximum Gasteiger partial charge on any atom is 0.124 e. The van der Waals surface area contributed by atoms with Crippen LogP contribution in [0.2, 0.25) is 0 Å². The number of rotatable bonds is 2. The lowest BCUT2D eigenvalue weighted by Gasteiger charge is -2.22. The van der Waals surface area contributed by atoms with Gasteiger partial charge in [0.05, 0.1) is 12.7 Å². The van der Waals surface area contributed by atoms with E-state index in [1.54, 1.807) is 20.2 Å². The summed E-state index contributed by atoms with van der Waals surface area (Å²) in [6, 6.07) is 1.88. The van der Waals surface area contributed by atoms with Crippen molar-refractivity contribution in [2.75, 3.05) is 25.1 Å². The van der Waals surface area contributed by atoms with Crippen LogP contribution in [0.25, 0.3) is 0 Å². The standard InChI is InChI=1S/C9H15N3O2/c1-9(13)6-12(5-7(9)14-2)8-3-4-10-11-8/h3-4,7,13H,5-6H2,1-2H3,(H,10,11)/t7-,9+/m0/s1. The SMILES string of the molecule is CO[C@H]1CN(c2ccn[nH]2)C[C@@]1(C)O. The highest BCUT2D eigenvalue weighted by atomic mass is 16.5. The van der Waals surface area contributed by atoms with Crippen LogP contribution in [0.1, 0.15) is 6.92 Å². The summed E-state index contributed by atoms with van der Waals surface area (Å²) >= 11 is 0. The van der Waals surface area contributed by atoms with Crippen molar-refractivity contribution < 1.29 is 9.84 Å². The number of β-amino-alcohol motifs (C(OH)–C–C–N with tert-alkyl or cyclic N) is 1. The third kappa shape index (κ3) is 1.49. The van der Waals surface area contributed by atoms with Crippen molar-refractivity contribution in [2.24, 2.45) is 0 Å². The number of anilines is 1. The van der Waals surface area contributed by atoms with Crippen LogP contribution in [-0.2, 0) is 4.74 Å². The molecule has 0 bridgehead atoms. The predicted molar refractivity (Wildman–Crippen MR) is 52.2 cm³/mol. The lowest BCUT2D eigenvalue weighted by molar-refractivity contribution is -0.0472. The molecule has 0 unspecified atom stereocenters. The molecule has 14 heavy (non-hydrogen) atoms. The third-order valence-corrected chi connectivity index (χ3v) is 2.70. The Bertz CT molecular complexity index is 297. The third-order valence-electron chi connectivity index (χ3n) is 2.70. The van der Waals surface area contributed by atoms with Crippen molar-refractivity contribution in [2.45, 2.75) is 18.6 Å². The number of aromatic nitrogens is 2. The molecule has 1 aromatic heterocycles. The van der Waals surface area contributed by atoms with Crippen LogP contribution in [0.4, 0.5) is 5.82 Å². The van der Waals surface area contributed by atoms with E-state index in [-0.39, 0.29) is 6.10 Å². The average molecular weight is 197 g/mol. The highest BCUT2D eigenvalue weighted by Crippen LogP contribution is 2.26. The van der Waals surface area contributed by atoms with Crippen LogP contribution in [0.15, 0.2) is 12.3 Å². The Balaban J connectivity index is 2.13. The van der Waals surface area contributed by atoms with Crippen LogP contribution in [-0.4, -0.2) is 47.2 Å². The first-order valence-electron chi connectivity index (χ1n) is 4.63. The molecule has 1 aliphatic heterocycles. The Kier molecular flexibility index (Phi) is 2.20. The fraction of sp³-hybridized carbons (Fsp3) is 0.667. The fourth-order valence-electron chi connectivity index (χ4n) is 1.89. The molecule has 1 aliphatic rings. The van der Waals surface area contributed by atoms with E-state index in [0.717, 1.165) is 5.82 Å². The molecular weight excluding hydrogens is 182 g/mol. The Hall–Kier alpha value is -1.07. The van der Waals surface area contributed by atoms with Crippen LogP contribution < -0.4 is 4.90 Å². The van der Waals surface area contributed by atoms with Gasteiger partial charge in [-0.1, -0.05) is 0 Å². The first-order valence-corrected chi connectivity index (χ1v) is 4.63. The Morgan fingerprint density at radius 2 is 2.57 bits per heavy atom. The molecule has 0 amide bonds. The van der Waals surface area contributed by atoms with Gasteiger partial charge in [-0.05, 0) is 6.92 Å². The Morgan fingerprint density at radius 1 is 1.79 bits per heavy atom. The topological polar surface area (TPSA) is 61.4 Å². The van der Waals surface area contributed by atoms with Gasteiger partial charge in [0.1, 0.15) is 17.5 Å². The van der Waals surface area contributed by atoms with E-state index in [1.807, 2.05) is 11.0 Å². The molecule has 2 rings (SSSR count). The molecule has 0 saturated carbocycles. The molecule has 5 heteroatoms. The molecular formula is C9H15N3O2. The van der Waals surface area contributed by atoms with Crippen LogP contribution in [0.3, 0.4) is 0 Å². The molecule has 78 valence electrons. The molecule has 0 spiro atoms. The monoisotopic (exact) mass is 197 g/mol. The number of aliphatic hydroxyl groups is 1. The number of ether oxygens (including phenoxy) is 1. The van der Waals surface area contributed by atoms with Crippen molar-refractivity contribution in [3.05, 3.63) is 12.3 Å². The zero-order valence-electron chi connectivity index (χ0n) is 8.40. The second kappa shape index (κ2) is 3.25. The summed E-state index contributed by atoms with van der Waals surface area (Å²) < 4.78 is 5.23. The van der Waals surface area contributed by atoms with E-state index in [0.29, 0.717) is 13.1 Å². The first-order chi connectivity index (χ1) is 6.63. The summed E-state index contributed by atoms with van der Waals surface area (Å²) in [6.45, 7) is 3.04. The van der Waals surface area contributed by atoms with E-state index in [4.69, 9.17) is 4.74 Å². The second-order valence-electron chi connectivity index (χ2n) is 3.90. The zero-order valence-corrected chi connectivity index (χ0v) is 8.40. The average Bonchev–Trinajstić information content (AvgIpc) is 2.70. The largest absolute Gasteiger partial charge is 0.386 e. The molecule has 0 radical (unpaired) electrons. The van der Waals surface area contributed by atoms with Gasteiger partial charge in [-0.3, -0.25) is 5.10 Å². The van der Waals surface area contributed by atoms with Gasteiger partial charge in [0.25, 0.3) is 0 Å². The van der Waals surface area contributed by atoms with Gasteiger partial charge in [0.15, 0.2) is 0 Å². The maximum atomic E-state index is 10.0. The predicted octanol–water partition coefficient (Wildman–Crippen LogP) is -0.00430. The highest BCUT2D eigenvalue weighted by molar-refractivity contribution is 5.40. The number of nitrogens with zero attached hydrogens (tertiary/aromatic N) is 2. The maximum absolute atomic E-state index is 10.0. The second-order valence-corrected chi connectivity index (χ2v) is 3.90. The smallest absolute Gasteiger partial charge is 0.124 e. The molecule has 1 aromatic rings. The van der Waals surface area contributed by atoms with Gasteiger partial charge in [-0.15, -0.1) is 0 Å². The molecule has 5 nitrogen and oxygen atoms in total. The number of H-pyrrole nitrogens is 1. The molecule has 2 heterocycles. The summed E-state index contributed by atoms with van der Waals surface area (Å²) in [5.74, 6) is 0.921. The zero-order chi connectivity index (χ0) is 10.2. The lowest BCUT2D eigenvalue weighted by Crippen LogP contribution is -2.39. The molecule has 0 aliphatic carbocycles. The van der Waals surface area contributed by atoms with Crippen molar-refractivity contribution >= 4 is 5.82 Å². The minimum atomic E-state index is -0.792. The quantitative estimate of drug-likeness (QED) is 0.700. The minimum Gasteiger partial charge on any atom is -0.386 e. The molecule has 2 atom stereocenters. The lowest BCUT2D eigenvalue weighted by atomic mass is 10.0. The Labute approximate surface area is 82.7 Å². The Morgan fingerprint density at radius 3 is 3.07 bits per heavy atom. The molecule has 2 N–H and O–H groups in total.